The Hall–Kier alpha value is -3.02. The first kappa shape index (κ1) is 14.6. The Morgan fingerprint density at radius 3 is 2.83 bits per heavy atom. The van der Waals surface area contributed by atoms with Crippen molar-refractivity contribution in [3.05, 3.63) is 42.0 Å². The molecule has 2 aromatic carbocycles. The molecule has 1 aliphatic rings. The van der Waals surface area contributed by atoms with Crippen LogP contribution < -0.4 is 9.47 Å². The number of H-pyrrole nitrogens is 1. The van der Waals surface area contributed by atoms with Gasteiger partial charge in [0.15, 0.2) is 11.5 Å². The molecule has 2 heterocycles. The molecule has 0 bridgehead atoms. The van der Waals surface area contributed by atoms with Crippen LogP contribution in [0.4, 0.5) is 0 Å². The maximum atomic E-state index is 7.97. The summed E-state index contributed by atoms with van der Waals surface area (Å²) >= 11 is 0. The maximum absolute atomic E-state index is 7.97. The number of hydrogen-bond acceptors (Lipinski definition) is 5. The van der Waals surface area contributed by atoms with E-state index >= 15 is 0 Å². The lowest BCUT2D eigenvalue weighted by Crippen LogP contribution is -2.15. The van der Waals surface area contributed by atoms with E-state index in [0.29, 0.717) is 19.8 Å². The van der Waals surface area contributed by atoms with E-state index in [4.69, 9.17) is 19.6 Å². The fourth-order valence-corrected chi connectivity index (χ4v) is 2.79. The summed E-state index contributed by atoms with van der Waals surface area (Å²) in [5.41, 5.74) is 3.39. The van der Waals surface area contributed by atoms with Crippen molar-refractivity contribution >= 4 is 16.8 Å². The van der Waals surface area contributed by atoms with Gasteiger partial charge in [0.2, 0.25) is 5.90 Å². The summed E-state index contributed by atoms with van der Waals surface area (Å²) < 4.78 is 16.5. The molecule has 3 aromatic rings. The van der Waals surface area contributed by atoms with Gasteiger partial charge in [0.25, 0.3) is 0 Å². The zero-order chi connectivity index (χ0) is 16.5. The molecular weight excluding hydrogens is 306 g/mol. The van der Waals surface area contributed by atoms with Crippen LogP contribution in [0.25, 0.3) is 22.2 Å². The predicted molar refractivity (Wildman–Crippen MR) is 91.0 cm³/mol. The average molecular weight is 323 g/mol. The van der Waals surface area contributed by atoms with E-state index in [-0.39, 0.29) is 5.90 Å². The number of aromatic nitrogens is 2. The van der Waals surface area contributed by atoms with Gasteiger partial charge in [-0.1, -0.05) is 0 Å². The molecule has 0 saturated heterocycles. The maximum Gasteiger partial charge on any atom is 0.213 e. The van der Waals surface area contributed by atoms with Gasteiger partial charge in [-0.05, 0) is 43.3 Å². The summed E-state index contributed by atoms with van der Waals surface area (Å²) in [6.45, 7) is 3.46. The third-order valence-corrected chi connectivity index (χ3v) is 3.93. The van der Waals surface area contributed by atoms with E-state index in [0.717, 1.165) is 39.2 Å². The van der Waals surface area contributed by atoms with Crippen LogP contribution in [0.3, 0.4) is 0 Å². The van der Waals surface area contributed by atoms with Crippen LogP contribution in [0, 0.1) is 5.41 Å². The van der Waals surface area contributed by atoms with Crippen LogP contribution >= 0.6 is 0 Å². The number of nitrogens with zero attached hydrogens (tertiary/aromatic N) is 1. The Morgan fingerprint density at radius 2 is 2.00 bits per heavy atom. The summed E-state index contributed by atoms with van der Waals surface area (Å²) in [6, 6.07) is 11.5. The number of rotatable bonds is 3. The Bertz CT molecular complexity index is 917. The van der Waals surface area contributed by atoms with E-state index in [1.807, 2.05) is 43.3 Å². The molecule has 0 unspecified atom stereocenters. The van der Waals surface area contributed by atoms with Crippen LogP contribution in [-0.2, 0) is 4.74 Å². The van der Waals surface area contributed by atoms with Crippen molar-refractivity contribution in [1.82, 2.24) is 10.2 Å². The van der Waals surface area contributed by atoms with Crippen molar-refractivity contribution < 1.29 is 14.2 Å². The zero-order valence-electron chi connectivity index (χ0n) is 13.3. The molecule has 2 N–H and O–H groups in total. The smallest absolute Gasteiger partial charge is 0.213 e. The molecule has 6 nitrogen and oxygen atoms in total. The molecule has 0 radical (unpaired) electrons. The minimum absolute atomic E-state index is 0.161. The molecular formula is C18H17N3O3. The summed E-state index contributed by atoms with van der Waals surface area (Å²) in [5, 5.41) is 16.4. The first-order valence-corrected chi connectivity index (χ1v) is 7.86. The minimum Gasteiger partial charge on any atom is -0.486 e. The molecule has 0 spiro atoms. The topological polar surface area (TPSA) is 80.2 Å². The fraction of sp³-hybridized carbons (Fsp3) is 0.222. The second-order valence-corrected chi connectivity index (χ2v) is 5.45. The second kappa shape index (κ2) is 5.88. The second-order valence-electron chi connectivity index (χ2n) is 5.45. The highest BCUT2D eigenvalue weighted by atomic mass is 16.6. The Balaban J connectivity index is 1.79. The van der Waals surface area contributed by atoms with Gasteiger partial charge in [0.1, 0.15) is 18.9 Å². The summed E-state index contributed by atoms with van der Waals surface area (Å²) in [5.74, 6) is 1.64. The summed E-state index contributed by atoms with van der Waals surface area (Å²) in [7, 11) is 0. The van der Waals surface area contributed by atoms with E-state index in [2.05, 4.69) is 10.2 Å². The monoisotopic (exact) mass is 323 g/mol. The van der Waals surface area contributed by atoms with Gasteiger partial charge in [-0.25, -0.2) is 0 Å². The number of ether oxygens (including phenoxy) is 3. The molecule has 0 fully saturated rings. The first-order chi connectivity index (χ1) is 11.8. The minimum atomic E-state index is 0.161. The van der Waals surface area contributed by atoms with Gasteiger partial charge >= 0.3 is 0 Å². The van der Waals surface area contributed by atoms with Crippen molar-refractivity contribution in [2.75, 3.05) is 19.8 Å². The lowest BCUT2D eigenvalue weighted by atomic mass is 10.0. The Morgan fingerprint density at radius 1 is 1.17 bits per heavy atom. The lowest BCUT2D eigenvalue weighted by molar-refractivity contribution is 0.171. The quantitative estimate of drug-likeness (QED) is 0.572. The highest BCUT2D eigenvalue weighted by molar-refractivity contribution is 6.00. The number of aromatic amines is 1. The zero-order valence-corrected chi connectivity index (χ0v) is 13.3. The average Bonchev–Trinajstić information content (AvgIpc) is 3.04. The van der Waals surface area contributed by atoms with Crippen molar-refractivity contribution in [3.8, 4) is 22.8 Å². The normalized spacial score (nSPS) is 13.0. The molecule has 4 rings (SSSR count). The van der Waals surface area contributed by atoms with Crippen molar-refractivity contribution in [3.63, 3.8) is 0 Å². The number of nitrogens with one attached hydrogen (secondary N) is 2. The Labute approximate surface area is 138 Å². The van der Waals surface area contributed by atoms with Crippen LogP contribution in [0.2, 0.25) is 0 Å². The predicted octanol–water partition coefficient (Wildman–Crippen LogP) is 3.36. The molecule has 122 valence electrons. The SMILES string of the molecule is CCOC(=N)c1ccc2[nH]nc(-c3ccc4c(c3)OCCO4)c2c1. The van der Waals surface area contributed by atoms with Gasteiger partial charge in [-0.3, -0.25) is 10.5 Å². The Kier molecular flexibility index (Phi) is 3.57. The third-order valence-electron chi connectivity index (χ3n) is 3.93. The van der Waals surface area contributed by atoms with E-state index < -0.39 is 0 Å². The highest BCUT2D eigenvalue weighted by Gasteiger charge is 2.16. The van der Waals surface area contributed by atoms with Gasteiger partial charge in [0, 0.05) is 16.5 Å². The van der Waals surface area contributed by atoms with Crippen LogP contribution in [0.15, 0.2) is 36.4 Å². The van der Waals surface area contributed by atoms with E-state index in [1.54, 1.807) is 0 Å². The molecule has 6 heteroatoms. The molecule has 24 heavy (non-hydrogen) atoms. The summed E-state index contributed by atoms with van der Waals surface area (Å²) in [6.07, 6.45) is 0. The fourth-order valence-electron chi connectivity index (χ4n) is 2.79. The van der Waals surface area contributed by atoms with Gasteiger partial charge in [-0.15, -0.1) is 0 Å². The number of benzene rings is 2. The standard InChI is InChI=1S/C18H17N3O3/c1-2-22-18(19)12-3-5-14-13(9-12)17(21-20-14)11-4-6-15-16(10-11)24-8-7-23-15/h3-6,9-10,19H,2,7-8H2,1H3,(H,20,21). The first-order valence-electron chi connectivity index (χ1n) is 7.86. The lowest BCUT2D eigenvalue weighted by Gasteiger charge is -2.18. The largest absolute Gasteiger partial charge is 0.486 e. The number of fused-ring (bicyclic) bond motifs is 2. The van der Waals surface area contributed by atoms with Crippen molar-refractivity contribution in [2.24, 2.45) is 0 Å². The van der Waals surface area contributed by atoms with Gasteiger partial charge in [0.05, 0.1) is 12.1 Å². The molecule has 0 aliphatic carbocycles. The van der Waals surface area contributed by atoms with E-state index in [1.165, 1.54) is 0 Å². The highest BCUT2D eigenvalue weighted by Crippen LogP contribution is 2.36. The summed E-state index contributed by atoms with van der Waals surface area (Å²) in [4.78, 5) is 0. The molecule has 0 amide bonds. The molecule has 0 saturated carbocycles. The van der Waals surface area contributed by atoms with Crippen molar-refractivity contribution in [1.29, 1.82) is 5.41 Å². The molecule has 1 aromatic heterocycles. The van der Waals surface area contributed by atoms with E-state index in [9.17, 15) is 0 Å². The van der Waals surface area contributed by atoms with Gasteiger partial charge < -0.3 is 14.2 Å². The molecule has 1 aliphatic heterocycles. The molecule has 0 atom stereocenters. The van der Waals surface area contributed by atoms with Crippen LogP contribution in [0.5, 0.6) is 11.5 Å². The van der Waals surface area contributed by atoms with Gasteiger partial charge in [-0.2, -0.15) is 5.10 Å². The van der Waals surface area contributed by atoms with Crippen LogP contribution in [0.1, 0.15) is 12.5 Å². The third kappa shape index (κ3) is 2.46. The number of hydrogen-bond donors (Lipinski definition) is 2. The van der Waals surface area contributed by atoms with Crippen molar-refractivity contribution in [2.45, 2.75) is 6.92 Å². The van der Waals surface area contributed by atoms with Crippen LogP contribution in [-0.4, -0.2) is 35.9 Å².